The minimum absolute atomic E-state index is 0.153. The average Bonchev–Trinajstić information content (AvgIpc) is 2.21. The zero-order valence-corrected chi connectivity index (χ0v) is 10.6. The average molecular weight is 261 g/mol. The van der Waals surface area contributed by atoms with Gasteiger partial charge in [-0.25, -0.2) is 4.39 Å². The molecule has 0 radical (unpaired) electrons. The third-order valence-electron chi connectivity index (χ3n) is 2.18. The number of thiocarbonyl (C=S) groups is 1. The summed E-state index contributed by atoms with van der Waals surface area (Å²) in [5, 5.41) is 0.153. The van der Waals surface area contributed by atoms with E-state index >= 15 is 0 Å². The summed E-state index contributed by atoms with van der Waals surface area (Å²) in [6.07, 6.45) is 0.681. The molecule has 0 unspecified atom stereocenters. The molecule has 0 saturated carbocycles. The summed E-state index contributed by atoms with van der Waals surface area (Å²) in [5.74, 6) is -0.392. The van der Waals surface area contributed by atoms with Gasteiger partial charge in [-0.15, -0.1) is 0 Å². The summed E-state index contributed by atoms with van der Waals surface area (Å²) in [7, 11) is 1.95. The first-order valence-electron chi connectivity index (χ1n) is 4.90. The first-order valence-corrected chi connectivity index (χ1v) is 5.68. The fourth-order valence-corrected chi connectivity index (χ4v) is 1.62. The van der Waals surface area contributed by atoms with E-state index in [0.717, 1.165) is 12.1 Å². The Hall–Kier alpha value is -0.710. The molecule has 1 aromatic rings. The molecule has 0 amide bonds. The Labute approximate surface area is 105 Å². The zero-order chi connectivity index (χ0) is 12.1. The second-order valence-corrected chi connectivity index (χ2v) is 4.63. The Balaban J connectivity index is 2.52. The number of hydrogen-bond donors (Lipinski definition) is 1. The molecular weight excluding hydrogens is 247 g/mol. The van der Waals surface area contributed by atoms with E-state index in [-0.39, 0.29) is 5.02 Å². The van der Waals surface area contributed by atoms with Crippen molar-refractivity contribution >= 4 is 28.8 Å². The van der Waals surface area contributed by atoms with E-state index < -0.39 is 5.82 Å². The number of hydrogen-bond acceptors (Lipinski definition) is 2. The number of benzene rings is 1. The number of rotatable bonds is 5. The zero-order valence-electron chi connectivity index (χ0n) is 9.04. The molecule has 0 heterocycles. The lowest BCUT2D eigenvalue weighted by Gasteiger charge is -2.16. The molecule has 0 aliphatic heterocycles. The van der Waals surface area contributed by atoms with Crippen LogP contribution < -0.4 is 5.73 Å². The van der Waals surface area contributed by atoms with Gasteiger partial charge in [0.2, 0.25) is 0 Å². The topological polar surface area (TPSA) is 29.3 Å². The minimum Gasteiger partial charge on any atom is -0.393 e. The molecule has 0 bridgehead atoms. The van der Waals surface area contributed by atoms with Gasteiger partial charge >= 0.3 is 0 Å². The first-order chi connectivity index (χ1) is 7.49. The van der Waals surface area contributed by atoms with Gasteiger partial charge in [0, 0.05) is 19.5 Å². The van der Waals surface area contributed by atoms with Crippen LogP contribution in [0.25, 0.3) is 0 Å². The van der Waals surface area contributed by atoms with Crippen molar-refractivity contribution < 1.29 is 4.39 Å². The lowest BCUT2D eigenvalue weighted by molar-refractivity contribution is 0.337. The predicted octanol–water partition coefficient (Wildman–Crippen LogP) is 2.59. The normalized spacial score (nSPS) is 10.8. The van der Waals surface area contributed by atoms with Crippen molar-refractivity contribution in [3.63, 3.8) is 0 Å². The number of nitrogens with two attached hydrogens (primary N) is 1. The van der Waals surface area contributed by atoms with E-state index in [2.05, 4.69) is 4.90 Å². The van der Waals surface area contributed by atoms with Crippen LogP contribution in [-0.4, -0.2) is 23.5 Å². The van der Waals surface area contributed by atoms with Crippen LogP contribution in [-0.2, 0) is 6.54 Å². The fourth-order valence-electron chi connectivity index (χ4n) is 1.33. The van der Waals surface area contributed by atoms with Crippen LogP contribution in [0.2, 0.25) is 5.02 Å². The molecule has 0 fully saturated rings. The van der Waals surface area contributed by atoms with Crippen molar-refractivity contribution in [3.05, 3.63) is 34.6 Å². The molecule has 2 nitrogen and oxygen atoms in total. The van der Waals surface area contributed by atoms with E-state index in [9.17, 15) is 4.39 Å². The van der Waals surface area contributed by atoms with Crippen molar-refractivity contribution in [1.82, 2.24) is 4.90 Å². The van der Waals surface area contributed by atoms with Crippen molar-refractivity contribution in [2.75, 3.05) is 13.6 Å². The summed E-state index contributed by atoms with van der Waals surface area (Å²) in [6.45, 7) is 1.48. The Morgan fingerprint density at radius 3 is 2.81 bits per heavy atom. The van der Waals surface area contributed by atoms with Crippen LogP contribution in [0.1, 0.15) is 12.0 Å². The van der Waals surface area contributed by atoms with E-state index in [1.54, 1.807) is 12.1 Å². The van der Waals surface area contributed by atoms with Gasteiger partial charge in [0.25, 0.3) is 0 Å². The quantitative estimate of drug-likeness (QED) is 0.826. The lowest BCUT2D eigenvalue weighted by atomic mass is 10.2. The molecule has 0 atom stereocenters. The van der Waals surface area contributed by atoms with Gasteiger partial charge in [-0.1, -0.05) is 29.9 Å². The minimum atomic E-state index is -0.392. The van der Waals surface area contributed by atoms with Crippen LogP contribution in [0.4, 0.5) is 4.39 Å². The number of halogens is 2. The molecule has 1 rings (SSSR count). The maximum absolute atomic E-state index is 12.9. The third-order valence-corrected chi connectivity index (χ3v) is 2.67. The highest BCUT2D eigenvalue weighted by atomic mass is 35.5. The molecule has 2 N–H and O–H groups in total. The van der Waals surface area contributed by atoms with E-state index in [4.69, 9.17) is 29.6 Å². The molecule has 0 aliphatic rings. The maximum atomic E-state index is 12.9. The van der Waals surface area contributed by atoms with Gasteiger partial charge in [-0.05, 0) is 24.7 Å². The van der Waals surface area contributed by atoms with Crippen molar-refractivity contribution in [2.45, 2.75) is 13.0 Å². The lowest BCUT2D eigenvalue weighted by Crippen LogP contribution is -2.23. The molecule has 0 saturated heterocycles. The fraction of sp³-hybridized carbons (Fsp3) is 0.364. The molecule has 0 aromatic heterocycles. The van der Waals surface area contributed by atoms with Crippen LogP contribution >= 0.6 is 23.8 Å². The Morgan fingerprint density at radius 2 is 2.25 bits per heavy atom. The van der Waals surface area contributed by atoms with Crippen molar-refractivity contribution in [1.29, 1.82) is 0 Å². The highest BCUT2D eigenvalue weighted by molar-refractivity contribution is 7.80. The number of nitrogens with zero attached hydrogens (tertiary/aromatic N) is 1. The van der Waals surface area contributed by atoms with Crippen LogP contribution in [0.15, 0.2) is 18.2 Å². The van der Waals surface area contributed by atoms with E-state index in [1.807, 2.05) is 7.05 Å². The van der Waals surface area contributed by atoms with Crippen LogP contribution in [0.3, 0.4) is 0 Å². The van der Waals surface area contributed by atoms with Crippen LogP contribution in [0.5, 0.6) is 0 Å². The second-order valence-electron chi connectivity index (χ2n) is 3.70. The summed E-state index contributed by atoms with van der Waals surface area (Å²) < 4.78 is 12.9. The second kappa shape index (κ2) is 6.13. The molecule has 0 spiro atoms. The predicted molar refractivity (Wildman–Crippen MR) is 69.1 cm³/mol. The molecule has 0 aliphatic carbocycles. The van der Waals surface area contributed by atoms with E-state index in [1.165, 1.54) is 6.07 Å². The Bertz CT molecular complexity index is 384. The van der Waals surface area contributed by atoms with Crippen molar-refractivity contribution in [2.24, 2.45) is 5.73 Å². The van der Waals surface area contributed by atoms with Gasteiger partial charge in [0.1, 0.15) is 5.82 Å². The smallest absolute Gasteiger partial charge is 0.141 e. The highest BCUT2D eigenvalue weighted by Gasteiger charge is 2.04. The largest absolute Gasteiger partial charge is 0.393 e. The van der Waals surface area contributed by atoms with Gasteiger partial charge in [0.15, 0.2) is 0 Å². The molecule has 5 heteroatoms. The molecule has 16 heavy (non-hydrogen) atoms. The highest BCUT2D eigenvalue weighted by Crippen LogP contribution is 2.16. The summed E-state index contributed by atoms with van der Waals surface area (Å²) >= 11 is 10.5. The summed E-state index contributed by atoms with van der Waals surface area (Å²) in [6, 6.07) is 4.73. The van der Waals surface area contributed by atoms with Crippen molar-refractivity contribution in [3.8, 4) is 0 Å². The molecular formula is C11H14ClFN2S. The summed E-state index contributed by atoms with van der Waals surface area (Å²) in [4.78, 5) is 2.56. The standard InChI is InChI=1S/C11H14ClFN2S/c1-15(5-4-11(14)16)7-8-2-3-10(13)9(12)6-8/h2-3,6H,4-5,7H2,1H3,(H2,14,16). The maximum Gasteiger partial charge on any atom is 0.141 e. The SMILES string of the molecule is CN(CCC(N)=S)Cc1ccc(F)c(Cl)c1. The van der Waals surface area contributed by atoms with E-state index in [0.29, 0.717) is 18.0 Å². The Kier molecular flexibility index (Phi) is 5.12. The Morgan fingerprint density at radius 1 is 1.56 bits per heavy atom. The molecule has 1 aromatic carbocycles. The van der Waals surface area contributed by atoms with Gasteiger partial charge in [-0.2, -0.15) is 0 Å². The van der Waals surface area contributed by atoms with Gasteiger partial charge in [-0.3, -0.25) is 0 Å². The monoisotopic (exact) mass is 260 g/mol. The van der Waals surface area contributed by atoms with Gasteiger partial charge < -0.3 is 10.6 Å². The molecule has 88 valence electrons. The van der Waals surface area contributed by atoms with Crippen LogP contribution in [0, 0.1) is 5.82 Å². The third kappa shape index (κ3) is 4.43. The van der Waals surface area contributed by atoms with Gasteiger partial charge in [0.05, 0.1) is 10.0 Å². The first kappa shape index (κ1) is 13.4. The summed E-state index contributed by atoms with van der Waals surface area (Å²) in [5.41, 5.74) is 6.38.